The van der Waals surface area contributed by atoms with Crippen LogP contribution in [0.3, 0.4) is 0 Å². The van der Waals surface area contributed by atoms with E-state index in [1.807, 2.05) is 31.3 Å². The van der Waals surface area contributed by atoms with Gasteiger partial charge >= 0.3 is 0 Å². The molecule has 110 valence electrons. The Kier molecular flexibility index (Phi) is 5.82. The minimum absolute atomic E-state index is 0.0346. The Hall–Kier alpha value is -1.11. The third-order valence-electron chi connectivity index (χ3n) is 3.14. The summed E-state index contributed by atoms with van der Waals surface area (Å²) in [5.41, 5.74) is 1.03. The average Bonchev–Trinajstić information content (AvgIpc) is 2.43. The van der Waals surface area contributed by atoms with Crippen LogP contribution in [-0.4, -0.2) is 56.7 Å². The molecule has 0 radical (unpaired) electrons. The molecule has 20 heavy (non-hydrogen) atoms. The van der Waals surface area contributed by atoms with Crippen LogP contribution in [0.2, 0.25) is 0 Å². The monoisotopic (exact) mass is 341 g/mol. The number of carbonyl (C=O) groups is 1. The summed E-state index contributed by atoms with van der Waals surface area (Å²) >= 11 is 3.42. The number of amides is 1. The molecule has 1 aromatic carbocycles. The molecule has 1 unspecified atom stereocenters. The van der Waals surface area contributed by atoms with Gasteiger partial charge in [0.1, 0.15) is 6.10 Å². The number of likely N-dealkylation sites (N-methyl/N-ethyl adjacent to an activating group) is 1. The maximum absolute atomic E-state index is 11.9. The minimum Gasteiger partial charge on any atom is -0.383 e. The van der Waals surface area contributed by atoms with Crippen molar-refractivity contribution < 1.29 is 9.53 Å². The number of carbonyl (C=O) groups excluding carboxylic acids is 1. The molecule has 1 atom stereocenters. The summed E-state index contributed by atoms with van der Waals surface area (Å²) in [6, 6.07) is 7.94. The Morgan fingerprint density at radius 3 is 3.10 bits per heavy atom. The third kappa shape index (κ3) is 4.77. The molecule has 0 aromatic heterocycles. The highest BCUT2D eigenvalue weighted by atomic mass is 79.9. The lowest BCUT2D eigenvalue weighted by Crippen LogP contribution is -2.49. The van der Waals surface area contributed by atoms with Gasteiger partial charge in [0.25, 0.3) is 5.91 Å². The summed E-state index contributed by atoms with van der Waals surface area (Å²) in [7, 11) is 2.00. The van der Waals surface area contributed by atoms with Gasteiger partial charge in [0.05, 0.1) is 6.61 Å². The topological polar surface area (TPSA) is 53.6 Å². The summed E-state index contributed by atoms with van der Waals surface area (Å²) in [6.45, 7) is 3.42. The number of nitrogens with one attached hydrogen (secondary N) is 2. The lowest BCUT2D eigenvalue weighted by Gasteiger charge is -2.29. The molecule has 0 saturated carbocycles. The van der Waals surface area contributed by atoms with Gasteiger partial charge in [0, 0.05) is 36.3 Å². The number of morpholine rings is 1. The summed E-state index contributed by atoms with van der Waals surface area (Å²) < 4.78 is 6.49. The fourth-order valence-electron chi connectivity index (χ4n) is 2.04. The van der Waals surface area contributed by atoms with Gasteiger partial charge in [-0.3, -0.25) is 4.79 Å². The van der Waals surface area contributed by atoms with Crippen LogP contribution >= 0.6 is 15.9 Å². The molecule has 2 N–H and O–H groups in total. The molecule has 5 nitrogen and oxygen atoms in total. The largest absolute Gasteiger partial charge is 0.383 e. The van der Waals surface area contributed by atoms with Gasteiger partial charge in [-0.05, 0) is 25.2 Å². The fraction of sp³-hybridized carbons (Fsp3) is 0.500. The number of rotatable bonds is 5. The van der Waals surface area contributed by atoms with Gasteiger partial charge in [-0.1, -0.05) is 22.0 Å². The second-order valence-corrected chi connectivity index (χ2v) is 5.77. The van der Waals surface area contributed by atoms with Crippen molar-refractivity contribution >= 4 is 27.5 Å². The highest BCUT2D eigenvalue weighted by molar-refractivity contribution is 9.10. The Morgan fingerprint density at radius 2 is 2.35 bits per heavy atom. The second-order valence-electron chi connectivity index (χ2n) is 4.85. The molecule has 0 bridgehead atoms. The van der Waals surface area contributed by atoms with Crippen molar-refractivity contribution in [1.29, 1.82) is 0 Å². The van der Waals surface area contributed by atoms with E-state index in [4.69, 9.17) is 4.74 Å². The van der Waals surface area contributed by atoms with E-state index in [1.165, 1.54) is 0 Å². The van der Waals surface area contributed by atoms with Crippen molar-refractivity contribution in [2.45, 2.75) is 6.10 Å². The third-order valence-corrected chi connectivity index (χ3v) is 3.63. The standard InChI is InChI=1S/C14H20BrN3O2/c1-18-7-8-20-13(10-18)14(19)17-6-5-16-12-4-2-3-11(15)9-12/h2-4,9,13,16H,5-8,10H2,1H3,(H,17,19). The SMILES string of the molecule is CN1CCOC(C(=O)NCCNc2cccc(Br)c2)C1. The van der Waals surface area contributed by atoms with E-state index in [1.54, 1.807) is 0 Å². The first-order valence-corrected chi connectivity index (χ1v) is 7.52. The van der Waals surface area contributed by atoms with E-state index in [-0.39, 0.29) is 12.0 Å². The summed E-state index contributed by atoms with van der Waals surface area (Å²) in [6.07, 6.45) is -0.348. The molecule has 1 heterocycles. The first-order chi connectivity index (χ1) is 9.65. The molecule has 1 saturated heterocycles. The van der Waals surface area contributed by atoms with Crippen molar-refractivity contribution in [2.75, 3.05) is 45.2 Å². The highest BCUT2D eigenvalue weighted by Crippen LogP contribution is 2.15. The quantitative estimate of drug-likeness (QED) is 0.793. The number of nitrogens with zero attached hydrogens (tertiary/aromatic N) is 1. The summed E-state index contributed by atoms with van der Waals surface area (Å²) in [4.78, 5) is 14.0. The molecular weight excluding hydrogens is 322 g/mol. The minimum atomic E-state index is -0.348. The van der Waals surface area contributed by atoms with E-state index in [2.05, 4.69) is 31.5 Å². The van der Waals surface area contributed by atoms with Gasteiger partial charge in [0.2, 0.25) is 0 Å². The van der Waals surface area contributed by atoms with Crippen LogP contribution in [0.15, 0.2) is 28.7 Å². The van der Waals surface area contributed by atoms with E-state index < -0.39 is 0 Å². The van der Waals surface area contributed by atoms with Crippen molar-refractivity contribution in [2.24, 2.45) is 0 Å². The maximum atomic E-state index is 11.9. The first-order valence-electron chi connectivity index (χ1n) is 6.72. The van der Waals surface area contributed by atoms with Gasteiger partial charge in [-0.25, -0.2) is 0 Å². The molecule has 2 rings (SSSR count). The van der Waals surface area contributed by atoms with Crippen LogP contribution in [0.1, 0.15) is 0 Å². The van der Waals surface area contributed by atoms with Gasteiger partial charge in [-0.2, -0.15) is 0 Å². The zero-order valence-electron chi connectivity index (χ0n) is 11.6. The molecule has 1 amide bonds. The number of hydrogen-bond donors (Lipinski definition) is 2. The van der Waals surface area contributed by atoms with E-state index in [9.17, 15) is 4.79 Å². The van der Waals surface area contributed by atoms with Crippen LogP contribution in [0.4, 0.5) is 5.69 Å². The van der Waals surface area contributed by atoms with Crippen LogP contribution in [0, 0.1) is 0 Å². The first kappa shape index (κ1) is 15.3. The van der Waals surface area contributed by atoms with Gasteiger partial charge in [-0.15, -0.1) is 0 Å². The molecule has 1 fully saturated rings. The van der Waals surface area contributed by atoms with E-state index in [0.29, 0.717) is 26.2 Å². The molecule has 1 aromatic rings. The molecule has 6 heteroatoms. The molecule has 1 aliphatic heterocycles. The smallest absolute Gasteiger partial charge is 0.250 e. The predicted octanol–water partition coefficient (Wildman–Crippen LogP) is 1.31. The zero-order valence-corrected chi connectivity index (χ0v) is 13.1. The summed E-state index contributed by atoms with van der Waals surface area (Å²) in [5.74, 6) is -0.0346. The number of ether oxygens (including phenoxy) is 1. The fourth-order valence-corrected chi connectivity index (χ4v) is 2.44. The number of benzene rings is 1. The molecule has 0 spiro atoms. The van der Waals surface area contributed by atoms with Crippen LogP contribution in [0.5, 0.6) is 0 Å². The average molecular weight is 342 g/mol. The van der Waals surface area contributed by atoms with E-state index >= 15 is 0 Å². The Morgan fingerprint density at radius 1 is 1.50 bits per heavy atom. The second kappa shape index (κ2) is 7.61. The van der Waals surface area contributed by atoms with Crippen molar-refractivity contribution in [3.63, 3.8) is 0 Å². The van der Waals surface area contributed by atoms with Crippen LogP contribution in [0.25, 0.3) is 0 Å². The van der Waals surface area contributed by atoms with Crippen LogP contribution < -0.4 is 10.6 Å². The molecule has 0 aliphatic carbocycles. The lowest BCUT2D eigenvalue weighted by molar-refractivity contribution is -0.137. The zero-order chi connectivity index (χ0) is 14.4. The molecular formula is C14H20BrN3O2. The van der Waals surface area contributed by atoms with E-state index in [0.717, 1.165) is 16.7 Å². The molecule has 1 aliphatic rings. The number of hydrogen-bond acceptors (Lipinski definition) is 4. The highest BCUT2D eigenvalue weighted by Gasteiger charge is 2.24. The Balaban J connectivity index is 1.66. The lowest BCUT2D eigenvalue weighted by atomic mass is 10.2. The maximum Gasteiger partial charge on any atom is 0.250 e. The van der Waals surface area contributed by atoms with Crippen molar-refractivity contribution in [3.05, 3.63) is 28.7 Å². The van der Waals surface area contributed by atoms with Gasteiger partial charge < -0.3 is 20.3 Å². The Bertz CT molecular complexity index is 456. The number of anilines is 1. The van der Waals surface area contributed by atoms with Crippen LogP contribution in [-0.2, 0) is 9.53 Å². The predicted molar refractivity (Wildman–Crippen MR) is 82.9 cm³/mol. The number of halogens is 1. The van der Waals surface area contributed by atoms with Crippen molar-refractivity contribution in [3.8, 4) is 0 Å². The Labute approximate surface area is 127 Å². The van der Waals surface area contributed by atoms with Gasteiger partial charge in [0.15, 0.2) is 0 Å². The van der Waals surface area contributed by atoms with Crippen molar-refractivity contribution in [1.82, 2.24) is 10.2 Å². The normalized spacial score (nSPS) is 19.6. The summed E-state index contributed by atoms with van der Waals surface area (Å²) in [5, 5.41) is 6.15.